The maximum atomic E-state index is 10.6. The number of halogens is 1. The smallest absolute Gasteiger partial charge is 0.269 e. The second-order valence-electron chi connectivity index (χ2n) is 5.24. The average Bonchev–Trinajstić information content (AvgIpc) is 2.51. The van der Waals surface area contributed by atoms with Crippen LogP contribution in [0.15, 0.2) is 48.8 Å². The number of non-ortho nitro benzene ring substituents is 1. The molecule has 5 heteroatoms. The van der Waals surface area contributed by atoms with Crippen LogP contribution in [0.25, 0.3) is 0 Å². The molecule has 22 heavy (non-hydrogen) atoms. The van der Waals surface area contributed by atoms with Gasteiger partial charge in [-0.1, -0.05) is 13.8 Å². The molecule has 118 valence electrons. The molecule has 0 amide bonds. The van der Waals surface area contributed by atoms with Crippen LogP contribution in [0, 0.1) is 10.1 Å². The fourth-order valence-corrected chi connectivity index (χ4v) is 2.54. The molecule has 0 fully saturated rings. The highest BCUT2D eigenvalue weighted by Crippen LogP contribution is 2.21. The first-order valence-corrected chi connectivity index (χ1v) is 7.36. The largest absolute Gasteiger partial charge is 1.00 e. The zero-order valence-corrected chi connectivity index (χ0v) is 13.7. The van der Waals surface area contributed by atoms with E-state index in [1.807, 2.05) is 0 Å². The van der Waals surface area contributed by atoms with E-state index in [1.165, 1.54) is 5.56 Å². The summed E-state index contributed by atoms with van der Waals surface area (Å²) in [6, 6.07) is 11.1. The van der Waals surface area contributed by atoms with Crippen molar-refractivity contribution < 1.29 is 21.9 Å². The maximum Gasteiger partial charge on any atom is 0.269 e. The van der Waals surface area contributed by atoms with E-state index < -0.39 is 0 Å². The molecule has 0 radical (unpaired) electrons. The molecule has 0 aliphatic carbocycles. The second-order valence-corrected chi connectivity index (χ2v) is 5.24. The van der Waals surface area contributed by atoms with Gasteiger partial charge in [0.25, 0.3) is 5.69 Å². The fourth-order valence-electron chi connectivity index (χ4n) is 2.54. The molecule has 0 atom stereocenters. The van der Waals surface area contributed by atoms with Gasteiger partial charge in [0.15, 0.2) is 18.9 Å². The Morgan fingerprint density at radius 2 is 1.59 bits per heavy atom. The number of nitrogens with zero attached hydrogens (tertiary/aromatic N) is 2. The fraction of sp³-hybridized carbons (Fsp3) is 0.353. The van der Waals surface area contributed by atoms with Gasteiger partial charge in [0.05, 0.1) is 4.92 Å². The van der Waals surface area contributed by atoms with Crippen molar-refractivity contribution in [3.8, 4) is 0 Å². The van der Waals surface area contributed by atoms with Gasteiger partial charge in [-0.15, -0.1) is 0 Å². The molecule has 4 nitrogen and oxygen atoms in total. The van der Waals surface area contributed by atoms with Gasteiger partial charge in [-0.3, -0.25) is 10.1 Å². The second kappa shape index (κ2) is 8.49. The van der Waals surface area contributed by atoms with E-state index in [0.717, 1.165) is 24.9 Å². The average molecular weight is 321 g/mol. The van der Waals surface area contributed by atoms with Crippen LogP contribution in [-0.4, -0.2) is 4.92 Å². The van der Waals surface area contributed by atoms with Gasteiger partial charge in [-0.2, -0.15) is 0 Å². The Morgan fingerprint density at radius 1 is 1.05 bits per heavy atom. The number of nitro groups is 1. The Balaban J connectivity index is 0.00000242. The summed E-state index contributed by atoms with van der Waals surface area (Å²) in [6.07, 6.45) is 6.47. The molecular formula is C17H21ClN2O2. The van der Waals surface area contributed by atoms with Gasteiger partial charge in [-0.05, 0) is 36.5 Å². The van der Waals surface area contributed by atoms with E-state index >= 15 is 0 Å². The summed E-state index contributed by atoms with van der Waals surface area (Å²) in [6.45, 7) is 5.15. The number of aromatic nitrogens is 1. The molecule has 0 saturated carbocycles. The third kappa shape index (κ3) is 4.53. The summed E-state index contributed by atoms with van der Waals surface area (Å²) in [4.78, 5) is 10.3. The molecule has 0 unspecified atom stereocenters. The van der Waals surface area contributed by atoms with Gasteiger partial charge >= 0.3 is 0 Å². The molecule has 0 bridgehead atoms. The number of hydrogen-bond acceptors (Lipinski definition) is 2. The van der Waals surface area contributed by atoms with Crippen molar-refractivity contribution in [2.24, 2.45) is 0 Å². The molecule has 1 aromatic heterocycles. The Kier molecular flexibility index (Phi) is 6.99. The van der Waals surface area contributed by atoms with E-state index in [1.54, 1.807) is 24.3 Å². The Bertz CT molecular complexity index is 593. The highest BCUT2D eigenvalue weighted by Gasteiger charge is 2.10. The molecule has 0 N–H and O–H groups in total. The monoisotopic (exact) mass is 320 g/mol. The SMILES string of the molecule is CCC(CC)c1cc[n+](Cc2ccc([N+](=O)[O-])cc2)cc1.[Cl-]. The molecule has 0 aliphatic heterocycles. The lowest BCUT2D eigenvalue weighted by atomic mass is 9.95. The van der Waals surface area contributed by atoms with Crippen LogP contribution in [-0.2, 0) is 6.54 Å². The van der Waals surface area contributed by atoms with Gasteiger partial charge in [0, 0.05) is 29.8 Å². The third-order valence-corrected chi connectivity index (χ3v) is 3.89. The summed E-state index contributed by atoms with van der Waals surface area (Å²) in [5.41, 5.74) is 2.56. The molecule has 0 saturated heterocycles. The summed E-state index contributed by atoms with van der Waals surface area (Å²) < 4.78 is 2.09. The van der Waals surface area contributed by atoms with Crippen molar-refractivity contribution in [1.82, 2.24) is 0 Å². The summed E-state index contributed by atoms with van der Waals surface area (Å²) in [7, 11) is 0. The minimum absolute atomic E-state index is 0. The normalized spacial score (nSPS) is 10.3. The third-order valence-electron chi connectivity index (χ3n) is 3.89. The van der Waals surface area contributed by atoms with Crippen LogP contribution < -0.4 is 17.0 Å². The Labute approximate surface area is 137 Å². The van der Waals surface area contributed by atoms with Crippen LogP contribution >= 0.6 is 0 Å². The molecule has 0 aliphatic rings. The highest BCUT2D eigenvalue weighted by atomic mass is 35.5. The van der Waals surface area contributed by atoms with E-state index in [2.05, 4.69) is 42.9 Å². The zero-order chi connectivity index (χ0) is 15.2. The molecule has 2 aromatic rings. The minimum atomic E-state index is -0.374. The van der Waals surface area contributed by atoms with Crippen molar-refractivity contribution in [3.63, 3.8) is 0 Å². The van der Waals surface area contributed by atoms with Gasteiger partial charge in [0.2, 0.25) is 0 Å². The van der Waals surface area contributed by atoms with Crippen molar-refractivity contribution in [3.05, 3.63) is 70.0 Å². The number of nitro benzene ring substituents is 1. The summed E-state index contributed by atoms with van der Waals surface area (Å²) in [5, 5.41) is 10.6. The quantitative estimate of drug-likeness (QED) is 0.450. The zero-order valence-electron chi connectivity index (χ0n) is 12.9. The molecular weight excluding hydrogens is 300 g/mol. The lowest BCUT2D eigenvalue weighted by Gasteiger charge is -2.11. The van der Waals surface area contributed by atoms with Crippen molar-refractivity contribution in [2.75, 3.05) is 0 Å². The molecule has 1 heterocycles. The van der Waals surface area contributed by atoms with Crippen LogP contribution in [0.4, 0.5) is 5.69 Å². The topological polar surface area (TPSA) is 47.0 Å². The van der Waals surface area contributed by atoms with Crippen molar-refractivity contribution in [2.45, 2.75) is 39.2 Å². The highest BCUT2D eigenvalue weighted by molar-refractivity contribution is 5.32. The first-order chi connectivity index (χ1) is 10.1. The van der Waals surface area contributed by atoms with E-state index in [0.29, 0.717) is 5.92 Å². The maximum absolute atomic E-state index is 10.6. The molecule has 2 rings (SSSR count). The number of benzene rings is 1. The summed E-state index contributed by atoms with van der Waals surface area (Å²) in [5.74, 6) is 0.624. The lowest BCUT2D eigenvalue weighted by molar-refractivity contribution is -0.688. The van der Waals surface area contributed by atoms with E-state index in [4.69, 9.17) is 0 Å². The molecule has 1 aromatic carbocycles. The predicted molar refractivity (Wildman–Crippen MR) is 82.2 cm³/mol. The number of rotatable bonds is 6. The first-order valence-electron chi connectivity index (χ1n) is 7.36. The van der Waals surface area contributed by atoms with Crippen molar-refractivity contribution in [1.29, 1.82) is 0 Å². The van der Waals surface area contributed by atoms with Gasteiger partial charge in [-0.25, -0.2) is 4.57 Å². The van der Waals surface area contributed by atoms with Crippen LogP contribution in [0.3, 0.4) is 0 Å². The lowest BCUT2D eigenvalue weighted by Crippen LogP contribution is -3.00. The van der Waals surface area contributed by atoms with Crippen LogP contribution in [0.2, 0.25) is 0 Å². The van der Waals surface area contributed by atoms with Crippen LogP contribution in [0.1, 0.15) is 43.7 Å². The van der Waals surface area contributed by atoms with Crippen LogP contribution in [0.5, 0.6) is 0 Å². The first kappa shape index (κ1) is 18.1. The predicted octanol–water partition coefficient (Wildman–Crippen LogP) is 0.838. The number of pyridine rings is 1. The minimum Gasteiger partial charge on any atom is -1.00 e. The van der Waals surface area contributed by atoms with Gasteiger partial charge in [0.1, 0.15) is 0 Å². The number of hydrogen-bond donors (Lipinski definition) is 0. The van der Waals surface area contributed by atoms with Gasteiger partial charge < -0.3 is 12.4 Å². The van der Waals surface area contributed by atoms with E-state index in [-0.39, 0.29) is 23.0 Å². The van der Waals surface area contributed by atoms with E-state index in [9.17, 15) is 10.1 Å². The Morgan fingerprint density at radius 3 is 2.05 bits per heavy atom. The van der Waals surface area contributed by atoms with Crippen molar-refractivity contribution >= 4 is 5.69 Å². The summed E-state index contributed by atoms with van der Waals surface area (Å²) >= 11 is 0. The Hall–Kier alpha value is -1.94. The molecule has 0 spiro atoms. The standard InChI is InChI=1S/C17H21N2O2.ClH/c1-3-15(4-2)16-9-11-18(12-10-16)13-14-5-7-17(8-6-14)19(20)21;/h5-12,15H,3-4,13H2,1-2H3;1H/q+1;/p-1.